The first-order chi connectivity index (χ1) is 6.61. The van der Waals surface area contributed by atoms with Gasteiger partial charge in [0, 0.05) is 21.5 Å². The second-order valence-electron chi connectivity index (χ2n) is 2.82. The molecule has 0 radical (unpaired) electrons. The number of hydrogen-bond donors (Lipinski definition) is 0. The molecule has 0 amide bonds. The lowest BCUT2D eigenvalue weighted by atomic mass is 10.1. The van der Waals surface area contributed by atoms with Gasteiger partial charge in [0.25, 0.3) is 0 Å². The van der Waals surface area contributed by atoms with E-state index in [9.17, 15) is 0 Å². The van der Waals surface area contributed by atoms with Crippen molar-refractivity contribution in [2.24, 2.45) is 0 Å². The van der Waals surface area contributed by atoms with Gasteiger partial charge in [0.2, 0.25) is 0 Å². The highest BCUT2D eigenvalue weighted by molar-refractivity contribution is 14.1. The minimum absolute atomic E-state index is 1.11. The molecule has 0 aliphatic heterocycles. The molecule has 0 aliphatic carbocycles. The fourth-order valence-corrected chi connectivity index (χ4v) is 4.61. The summed E-state index contributed by atoms with van der Waals surface area (Å²) < 4.78 is 4.79. The van der Waals surface area contributed by atoms with Gasteiger partial charge in [-0.2, -0.15) is 0 Å². The summed E-state index contributed by atoms with van der Waals surface area (Å²) in [4.78, 5) is 0. The summed E-state index contributed by atoms with van der Waals surface area (Å²) in [5.41, 5.74) is 0. The van der Waals surface area contributed by atoms with Gasteiger partial charge in [-0.3, -0.25) is 0 Å². The van der Waals surface area contributed by atoms with Crippen LogP contribution in [-0.2, 0) is 0 Å². The van der Waals surface area contributed by atoms with Crippen molar-refractivity contribution in [2.45, 2.75) is 0 Å². The molecule has 2 aromatic rings. The summed E-state index contributed by atoms with van der Waals surface area (Å²) in [6, 6.07) is 8.49. The second kappa shape index (κ2) is 4.55. The molecule has 4 heteroatoms. The van der Waals surface area contributed by atoms with Gasteiger partial charge in [-0.1, -0.05) is 12.1 Å². The van der Waals surface area contributed by atoms with Crippen LogP contribution in [0.25, 0.3) is 10.8 Å². The van der Waals surface area contributed by atoms with Gasteiger partial charge in [0.15, 0.2) is 0 Å². The highest BCUT2D eigenvalue weighted by Crippen LogP contribution is 2.36. The Morgan fingerprint density at radius 3 is 2.43 bits per heavy atom. The Morgan fingerprint density at radius 2 is 1.71 bits per heavy atom. The minimum atomic E-state index is 1.11. The summed E-state index contributed by atoms with van der Waals surface area (Å²) in [6.45, 7) is 0. The lowest BCUT2D eigenvalue weighted by Crippen LogP contribution is -1.84. The molecule has 0 aliphatic rings. The van der Waals surface area contributed by atoms with Gasteiger partial charge >= 0.3 is 0 Å². The molecule has 0 saturated heterocycles. The Balaban J connectivity index is 3.03. The lowest BCUT2D eigenvalue weighted by Gasteiger charge is -2.07. The van der Waals surface area contributed by atoms with Crippen molar-refractivity contribution in [3.8, 4) is 0 Å². The topological polar surface area (TPSA) is 0 Å². The first kappa shape index (κ1) is 11.6. The van der Waals surface area contributed by atoms with Crippen LogP contribution in [0.3, 0.4) is 0 Å². The Morgan fingerprint density at radius 1 is 1.00 bits per heavy atom. The molecule has 2 aromatic carbocycles. The van der Waals surface area contributed by atoms with Gasteiger partial charge in [-0.15, -0.1) is 0 Å². The molecule has 0 spiro atoms. The molecular weight excluding hydrogens is 534 g/mol. The van der Waals surface area contributed by atoms with Crippen LogP contribution in [0, 0.1) is 7.14 Å². The maximum absolute atomic E-state index is 3.61. The molecule has 0 fully saturated rings. The monoisotopic (exact) mass is 536 g/mol. The average Bonchev–Trinajstić information content (AvgIpc) is 2.14. The quantitative estimate of drug-likeness (QED) is 0.304. The van der Waals surface area contributed by atoms with Crippen molar-refractivity contribution in [3.05, 3.63) is 40.4 Å². The number of hydrogen-bond acceptors (Lipinski definition) is 0. The number of benzene rings is 2. The molecule has 14 heavy (non-hydrogen) atoms. The highest BCUT2D eigenvalue weighted by Gasteiger charge is 2.09. The van der Waals surface area contributed by atoms with E-state index in [1.807, 2.05) is 0 Å². The summed E-state index contributed by atoms with van der Waals surface area (Å²) in [5.74, 6) is 0. The Hall–Kier alpha value is 1.12. The van der Waals surface area contributed by atoms with Crippen molar-refractivity contribution in [1.29, 1.82) is 0 Å². The zero-order valence-electron chi connectivity index (χ0n) is 6.82. The number of halogens is 4. The molecule has 0 aromatic heterocycles. The minimum Gasteiger partial charge on any atom is -0.0605 e. The Bertz CT molecular complexity index is 509. The molecule has 72 valence electrons. The molecule has 0 bridgehead atoms. The van der Waals surface area contributed by atoms with Gasteiger partial charge < -0.3 is 0 Å². The highest BCUT2D eigenvalue weighted by atomic mass is 127. The molecule has 0 saturated carbocycles. The van der Waals surface area contributed by atoms with E-state index >= 15 is 0 Å². The maximum atomic E-state index is 3.61. The normalized spacial score (nSPS) is 10.9. The molecule has 0 heterocycles. The SMILES string of the molecule is Brc1cc(I)c2cccc(I)c2c1Br. The zero-order chi connectivity index (χ0) is 10.3. The van der Waals surface area contributed by atoms with Crippen LogP contribution in [0.4, 0.5) is 0 Å². The fourth-order valence-electron chi connectivity index (χ4n) is 1.32. The molecule has 0 unspecified atom stereocenters. The largest absolute Gasteiger partial charge is 0.0605 e. The third-order valence-corrected chi connectivity index (χ3v) is 5.73. The zero-order valence-corrected chi connectivity index (χ0v) is 14.3. The number of fused-ring (bicyclic) bond motifs is 1. The van der Waals surface area contributed by atoms with E-state index in [-0.39, 0.29) is 0 Å². The predicted molar refractivity (Wildman–Crippen MR) is 84.8 cm³/mol. The van der Waals surface area contributed by atoms with Crippen LogP contribution in [0.1, 0.15) is 0 Å². The van der Waals surface area contributed by atoms with Crippen LogP contribution in [0.15, 0.2) is 33.2 Å². The Kier molecular flexibility index (Phi) is 3.77. The summed E-state index contributed by atoms with van der Waals surface area (Å²) in [6.07, 6.45) is 0. The van der Waals surface area contributed by atoms with Crippen molar-refractivity contribution in [2.75, 3.05) is 0 Å². The number of rotatable bonds is 0. The molecular formula is C10H4Br2I2. The van der Waals surface area contributed by atoms with Crippen molar-refractivity contribution < 1.29 is 0 Å². The van der Waals surface area contributed by atoms with Gasteiger partial charge in [0.05, 0.1) is 0 Å². The molecule has 0 N–H and O–H groups in total. The molecule has 0 nitrogen and oxygen atoms in total. The van der Waals surface area contributed by atoms with E-state index in [4.69, 9.17) is 0 Å². The van der Waals surface area contributed by atoms with E-state index in [1.165, 1.54) is 17.9 Å². The second-order valence-corrected chi connectivity index (χ2v) is 6.79. The molecule has 2 rings (SSSR count). The van der Waals surface area contributed by atoms with Crippen LogP contribution in [0.2, 0.25) is 0 Å². The first-order valence-electron chi connectivity index (χ1n) is 3.83. The van der Waals surface area contributed by atoms with Gasteiger partial charge in [0.1, 0.15) is 0 Å². The van der Waals surface area contributed by atoms with E-state index in [0.717, 1.165) is 8.95 Å². The predicted octanol–water partition coefficient (Wildman–Crippen LogP) is 5.57. The van der Waals surface area contributed by atoms with E-state index in [1.54, 1.807) is 0 Å². The molecule has 0 atom stereocenters. The summed E-state index contributed by atoms with van der Waals surface area (Å²) in [5, 5.41) is 2.58. The van der Waals surface area contributed by atoms with Crippen LogP contribution in [0.5, 0.6) is 0 Å². The van der Waals surface area contributed by atoms with Crippen molar-refractivity contribution in [3.63, 3.8) is 0 Å². The average molecular weight is 538 g/mol. The maximum Gasteiger partial charge on any atom is 0.0407 e. The van der Waals surface area contributed by atoms with Crippen molar-refractivity contribution >= 4 is 87.8 Å². The standard InChI is InChI=1S/C10H4Br2I2/c11-6-4-8(14)5-2-1-3-7(13)9(5)10(6)12/h1-4H. The van der Waals surface area contributed by atoms with Crippen LogP contribution >= 0.6 is 77.0 Å². The first-order valence-corrected chi connectivity index (χ1v) is 7.57. The van der Waals surface area contributed by atoms with Crippen LogP contribution < -0.4 is 0 Å². The van der Waals surface area contributed by atoms with Crippen LogP contribution in [-0.4, -0.2) is 0 Å². The smallest absolute Gasteiger partial charge is 0.0407 e. The lowest BCUT2D eigenvalue weighted by molar-refractivity contribution is 1.60. The van der Waals surface area contributed by atoms with Gasteiger partial charge in [-0.25, -0.2) is 0 Å². The van der Waals surface area contributed by atoms with E-state index in [0.29, 0.717) is 0 Å². The fraction of sp³-hybridized carbons (Fsp3) is 0. The third kappa shape index (κ3) is 1.99. The van der Waals surface area contributed by atoms with Gasteiger partial charge in [-0.05, 0) is 94.6 Å². The van der Waals surface area contributed by atoms with Crippen molar-refractivity contribution in [1.82, 2.24) is 0 Å². The summed E-state index contributed by atoms with van der Waals surface area (Å²) in [7, 11) is 0. The Labute approximate surface area is 126 Å². The third-order valence-electron chi connectivity index (χ3n) is 1.95. The summed E-state index contributed by atoms with van der Waals surface area (Å²) >= 11 is 11.9. The van der Waals surface area contributed by atoms with E-state index in [2.05, 4.69) is 101 Å². The van der Waals surface area contributed by atoms with E-state index < -0.39 is 0 Å².